The molecule has 0 aliphatic rings. The number of alkyl halides is 1. The predicted molar refractivity (Wildman–Crippen MR) is 63.1 cm³/mol. The Hall–Kier alpha value is -1.02. The summed E-state index contributed by atoms with van der Waals surface area (Å²) in [6.45, 7) is 3.32. The van der Waals surface area contributed by atoms with Crippen LogP contribution in [0.2, 0.25) is 0 Å². The van der Waals surface area contributed by atoms with Crippen molar-refractivity contribution in [2.24, 2.45) is 0 Å². The van der Waals surface area contributed by atoms with Gasteiger partial charge in [-0.1, -0.05) is 30.3 Å². The molecule has 0 N–H and O–H groups in total. The van der Waals surface area contributed by atoms with Gasteiger partial charge >= 0.3 is 0 Å². The van der Waals surface area contributed by atoms with Gasteiger partial charge in [-0.05, 0) is 12.5 Å². The second-order valence-electron chi connectivity index (χ2n) is 3.32. The highest BCUT2D eigenvalue weighted by Gasteiger charge is 2.10. The maximum Gasteiger partial charge on any atom is 0.227 e. The molecule has 1 amide bonds. The van der Waals surface area contributed by atoms with Crippen LogP contribution in [-0.4, -0.2) is 29.8 Å². The van der Waals surface area contributed by atoms with Crippen LogP contribution >= 0.6 is 11.6 Å². The minimum Gasteiger partial charge on any atom is -0.341 e. The maximum atomic E-state index is 11.8. The molecule has 0 bridgehead atoms. The Balaban J connectivity index is 2.54. The molecule has 0 saturated heterocycles. The number of carbonyl (C=O) groups excluding carboxylic acids is 1. The molecular weight excluding hydrogens is 210 g/mol. The molecule has 0 radical (unpaired) electrons. The van der Waals surface area contributed by atoms with Gasteiger partial charge < -0.3 is 4.90 Å². The lowest BCUT2D eigenvalue weighted by Crippen LogP contribution is -2.33. The Morgan fingerprint density at radius 2 is 2.00 bits per heavy atom. The average molecular weight is 226 g/mol. The van der Waals surface area contributed by atoms with E-state index in [9.17, 15) is 4.79 Å². The fourth-order valence-electron chi connectivity index (χ4n) is 1.44. The van der Waals surface area contributed by atoms with Gasteiger partial charge in [-0.15, -0.1) is 11.6 Å². The third kappa shape index (κ3) is 3.92. The van der Waals surface area contributed by atoms with Crippen LogP contribution in [0.5, 0.6) is 0 Å². The highest BCUT2D eigenvalue weighted by Crippen LogP contribution is 2.03. The Bertz CT molecular complexity index is 300. The molecular formula is C12H16ClNO. The highest BCUT2D eigenvalue weighted by atomic mass is 35.5. The largest absolute Gasteiger partial charge is 0.341 e. The van der Waals surface area contributed by atoms with E-state index in [1.165, 1.54) is 0 Å². The first-order valence-electron chi connectivity index (χ1n) is 5.15. The van der Waals surface area contributed by atoms with Crippen molar-refractivity contribution in [1.29, 1.82) is 0 Å². The number of benzene rings is 1. The molecule has 0 aliphatic heterocycles. The van der Waals surface area contributed by atoms with E-state index in [4.69, 9.17) is 11.6 Å². The molecule has 0 atom stereocenters. The Labute approximate surface area is 95.8 Å². The minimum atomic E-state index is 0.143. The summed E-state index contributed by atoms with van der Waals surface area (Å²) in [5, 5.41) is 0. The van der Waals surface area contributed by atoms with Crippen molar-refractivity contribution in [3.63, 3.8) is 0 Å². The van der Waals surface area contributed by atoms with Crippen LogP contribution in [0.3, 0.4) is 0 Å². The summed E-state index contributed by atoms with van der Waals surface area (Å²) in [4.78, 5) is 13.6. The van der Waals surface area contributed by atoms with Crippen molar-refractivity contribution in [3.05, 3.63) is 35.9 Å². The fraction of sp³-hybridized carbons (Fsp3) is 0.417. The molecule has 0 unspecified atom stereocenters. The lowest BCUT2D eigenvalue weighted by atomic mass is 10.1. The van der Waals surface area contributed by atoms with Gasteiger partial charge in [0.25, 0.3) is 0 Å². The smallest absolute Gasteiger partial charge is 0.227 e. The van der Waals surface area contributed by atoms with Crippen LogP contribution < -0.4 is 0 Å². The van der Waals surface area contributed by atoms with Crippen LogP contribution in [0.1, 0.15) is 12.5 Å². The number of hydrogen-bond donors (Lipinski definition) is 0. The summed E-state index contributed by atoms with van der Waals surface area (Å²) in [7, 11) is 0. The quantitative estimate of drug-likeness (QED) is 0.705. The van der Waals surface area contributed by atoms with Gasteiger partial charge in [-0.3, -0.25) is 4.79 Å². The van der Waals surface area contributed by atoms with Crippen molar-refractivity contribution >= 4 is 17.5 Å². The first-order valence-corrected chi connectivity index (χ1v) is 5.69. The summed E-state index contributed by atoms with van der Waals surface area (Å²) < 4.78 is 0. The first kappa shape index (κ1) is 12.1. The summed E-state index contributed by atoms with van der Waals surface area (Å²) in [6.07, 6.45) is 0.464. The van der Waals surface area contributed by atoms with E-state index in [-0.39, 0.29) is 5.91 Å². The Kier molecular flexibility index (Phi) is 5.19. The maximum absolute atomic E-state index is 11.8. The van der Waals surface area contributed by atoms with Crippen LogP contribution in [-0.2, 0) is 11.2 Å². The lowest BCUT2D eigenvalue weighted by Gasteiger charge is -2.19. The van der Waals surface area contributed by atoms with Crippen molar-refractivity contribution in [3.8, 4) is 0 Å². The third-order valence-electron chi connectivity index (χ3n) is 2.29. The third-order valence-corrected chi connectivity index (χ3v) is 2.46. The molecule has 1 rings (SSSR count). The zero-order chi connectivity index (χ0) is 11.1. The standard InChI is InChI=1S/C12H16ClNO/c1-2-14(9-8-13)12(15)10-11-6-4-3-5-7-11/h3-7H,2,8-10H2,1H3. The molecule has 1 aromatic rings. The van der Waals surface area contributed by atoms with Crippen LogP contribution in [0.4, 0.5) is 0 Å². The summed E-state index contributed by atoms with van der Waals surface area (Å²) in [6, 6.07) is 9.77. The van der Waals surface area contributed by atoms with Crippen molar-refractivity contribution in [2.75, 3.05) is 19.0 Å². The monoisotopic (exact) mass is 225 g/mol. The molecule has 15 heavy (non-hydrogen) atoms. The van der Waals surface area contributed by atoms with Crippen LogP contribution in [0.15, 0.2) is 30.3 Å². The second-order valence-corrected chi connectivity index (χ2v) is 3.70. The molecule has 0 spiro atoms. The fourth-order valence-corrected chi connectivity index (χ4v) is 1.65. The topological polar surface area (TPSA) is 20.3 Å². The Morgan fingerprint density at radius 3 is 2.53 bits per heavy atom. The number of nitrogens with zero attached hydrogens (tertiary/aromatic N) is 1. The van der Waals surface area contributed by atoms with E-state index in [1.54, 1.807) is 4.90 Å². The summed E-state index contributed by atoms with van der Waals surface area (Å²) in [5.41, 5.74) is 1.05. The number of halogens is 1. The van der Waals surface area contributed by atoms with Crippen molar-refractivity contribution in [1.82, 2.24) is 4.90 Å². The van der Waals surface area contributed by atoms with Crippen LogP contribution in [0, 0.1) is 0 Å². The van der Waals surface area contributed by atoms with Crippen molar-refractivity contribution in [2.45, 2.75) is 13.3 Å². The summed E-state index contributed by atoms with van der Waals surface area (Å²) >= 11 is 5.63. The van der Waals surface area contributed by atoms with Gasteiger partial charge in [-0.25, -0.2) is 0 Å². The van der Waals surface area contributed by atoms with E-state index in [0.717, 1.165) is 12.1 Å². The molecule has 1 aromatic carbocycles. The second kappa shape index (κ2) is 6.46. The van der Waals surface area contributed by atoms with Crippen molar-refractivity contribution < 1.29 is 4.79 Å². The molecule has 2 nitrogen and oxygen atoms in total. The van der Waals surface area contributed by atoms with Gasteiger partial charge in [0, 0.05) is 19.0 Å². The molecule has 82 valence electrons. The minimum absolute atomic E-state index is 0.143. The molecule has 0 fully saturated rings. The number of amides is 1. The van der Waals surface area contributed by atoms with Gasteiger partial charge in [0.05, 0.1) is 6.42 Å². The number of likely N-dealkylation sites (N-methyl/N-ethyl adjacent to an activating group) is 1. The SMILES string of the molecule is CCN(CCCl)C(=O)Cc1ccccc1. The normalized spacial score (nSPS) is 10.0. The molecule has 3 heteroatoms. The first-order chi connectivity index (χ1) is 7.27. The van der Waals surface area contributed by atoms with E-state index in [1.807, 2.05) is 37.3 Å². The van der Waals surface area contributed by atoms with Gasteiger partial charge in [0.2, 0.25) is 5.91 Å². The zero-order valence-corrected chi connectivity index (χ0v) is 9.70. The van der Waals surface area contributed by atoms with Gasteiger partial charge in [-0.2, -0.15) is 0 Å². The molecule has 0 heterocycles. The Morgan fingerprint density at radius 1 is 1.33 bits per heavy atom. The number of rotatable bonds is 5. The molecule has 0 aliphatic carbocycles. The van der Waals surface area contributed by atoms with E-state index < -0.39 is 0 Å². The average Bonchev–Trinajstić information content (AvgIpc) is 2.27. The van der Waals surface area contributed by atoms with Gasteiger partial charge in [0.15, 0.2) is 0 Å². The highest BCUT2D eigenvalue weighted by molar-refractivity contribution is 6.18. The number of carbonyl (C=O) groups is 1. The number of hydrogen-bond acceptors (Lipinski definition) is 1. The van der Waals surface area contributed by atoms with Crippen LogP contribution in [0.25, 0.3) is 0 Å². The summed E-state index contributed by atoms with van der Waals surface area (Å²) in [5.74, 6) is 0.637. The molecule has 0 aromatic heterocycles. The zero-order valence-electron chi connectivity index (χ0n) is 8.95. The van der Waals surface area contributed by atoms with Gasteiger partial charge in [0.1, 0.15) is 0 Å². The predicted octanol–water partition coefficient (Wildman–Crippen LogP) is 2.32. The van der Waals surface area contributed by atoms with E-state index in [2.05, 4.69) is 0 Å². The lowest BCUT2D eigenvalue weighted by molar-refractivity contribution is -0.130. The van der Waals surface area contributed by atoms with E-state index in [0.29, 0.717) is 18.8 Å². The van der Waals surface area contributed by atoms with E-state index >= 15 is 0 Å². The molecule has 0 saturated carbocycles.